The lowest BCUT2D eigenvalue weighted by Crippen LogP contribution is -2.47. The zero-order valence-electron chi connectivity index (χ0n) is 12.0. The molecule has 1 atom stereocenters. The van der Waals surface area contributed by atoms with Crippen LogP contribution in [0.5, 0.6) is 0 Å². The largest absolute Gasteiger partial charge is 0.198 e. The van der Waals surface area contributed by atoms with Crippen LogP contribution in [0.15, 0.2) is 12.1 Å². The van der Waals surface area contributed by atoms with E-state index in [9.17, 15) is 5.26 Å². The first-order chi connectivity index (χ1) is 9.74. The topological polar surface area (TPSA) is 49.6 Å². The van der Waals surface area contributed by atoms with E-state index in [-0.39, 0.29) is 5.92 Å². The lowest BCUT2D eigenvalue weighted by molar-refractivity contribution is -0.0416. The Kier molecular flexibility index (Phi) is 2.80. The van der Waals surface area contributed by atoms with Crippen LogP contribution in [-0.2, 0) is 0 Å². The van der Waals surface area contributed by atoms with Crippen molar-refractivity contribution in [3.8, 4) is 6.07 Å². The monoisotopic (exact) mass is 267 g/mol. The minimum absolute atomic E-state index is 0.0434. The molecule has 0 radical (unpaired) electrons. The molecular weight excluding hydrogens is 246 g/mol. The summed E-state index contributed by atoms with van der Waals surface area (Å²) in [5.41, 5.74) is 1.83. The predicted molar refractivity (Wildman–Crippen MR) is 75.7 cm³/mol. The summed E-state index contributed by atoms with van der Waals surface area (Å²) in [5.74, 6) is 3.93. The average molecular weight is 267 g/mol. The normalized spacial score (nSPS) is 39.5. The number of rotatable bonds is 2. The molecule has 1 aromatic rings. The lowest BCUT2D eigenvalue weighted by atomic mass is 9.49. The molecule has 104 valence electrons. The van der Waals surface area contributed by atoms with Gasteiger partial charge in [-0.05, 0) is 80.8 Å². The Bertz CT molecular complexity index is 514. The molecule has 20 heavy (non-hydrogen) atoms. The third kappa shape index (κ3) is 1.85. The highest BCUT2D eigenvalue weighted by atomic mass is 15.1. The number of nitriles is 1. The molecule has 1 heterocycles. The molecule has 0 N–H and O–H groups in total. The van der Waals surface area contributed by atoms with Crippen LogP contribution in [-0.4, -0.2) is 10.2 Å². The molecular formula is C17H21N3. The van der Waals surface area contributed by atoms with Gasteiger partial charge in [-0.1, -0.05) is 0 Å². The quantitative estimate of drug-likeness (QED) is 0.824. The Hall–Kier alpha value is -1.43. The maximum Gasteiger partial charge on any atom is 0.0936 e. The van der Waals surface area contributed by atoms with Crippen molar-refractivity contribution in [1.82, 2.24) is 10.2 Å². The minimum atomic E-state index is -0.0434. The van der Waals surface area contributed by atoms with Crippen LogP contribution >= 0.6 is 0 Å². The third-order valence-electron chi connectivity index (χ3n) is 5.96. The molecule has 3 heteroatoms. The van der Waals surface area contributed by atoms with E-state index in [1.807, 2.05) is 19.1 Å². The number of hydrogen-bond donors (Lipinski definition) is 0. The Morgan fingerprint density at radius 1 is 1.05 bits per heavy atom. The molecule has 0 saturated heterocycles. The molecule has 1 unspecified atom stereocenters. The van der Waals surface area contributed by atoms with Crippen molar-refractivity contribution < 1.29 is 0 Å². The molecule has 0 aliphatic heterocycles. The Balaban J connectivity index is 1.65. The second-order valence-corrected chi connectivity index (χ2v) is 7.21. The van der Waals surface area contributed by atoms with Crippen LogP contribution in [0, 0.1) is 47.8 Å². The first-order valence-electron chi connectivity index (χ1n) is 7.94. The van der Waals surface area contributed by atoms with Crippen molar-refractivity contribution in [2.24, 2.45) is 29.6 Å². The Labute approximate surface area is 120 Å². The first kappa shape index (κ1) is 12.3. The van der Waals surface area contributed by atoms with Crippen molar-refractivity contribution in [2.45, 2.75) is 44.9 Å². The van der Waals surface area contributed by atoms with Gasteiger partial charge in [0.1, 0.15) is 0 Å². The summed E-state index contributed by atoms with van der Waals surface area (Å²) in [6, 6.07) is 6.57. The van der Waals surface area contributed by atoms with Gasteiger partial charge in [0.05, 0.1) is 23.4 Å². The van der Waals surface area contributed by atoms with Gasteiger partial charge in [0.25, 0.3) is 0 Å². The molecule has 4 saturated carbocycles. The van der Waals surface area contributed by atoms with E-state index in [2.05, 4.69) is 16.3 Å². The van der Waals surface area contributed by atoms with E-state index in [1.165, 1.54) is 32.1 Å². The maximum absolute atomic E-state index is 9.72. The van der Waals surface area contributed by atoms with Gasteiger partial charge in [0, 0.05) is 0 Å². The number of nitrogens with zero attached hydrogens (tertiary/aromatic N) is 3. The summed E-state index contributed by atoms with van der Waals surface area (Å²) in [7, 11) is 0. The average Bonchev–Trinajstić information content (AvgIpc) is 2.43. The zero-order chi connectivity index (χ0) is 13.7. The second-order valence-electron chi connectivity index (χ2n) is 7.21. The fourth-order valence-electron chi connectivity index (χ4n) is 5.44. The second kappa shape index (κ2) is 4.55. The summed E-state index contributed by atoms with van der Waals surface area (Å²) in [5, 5.41) is 18.2. The maximum atomic E-state index is 9.72. The van der Waals surface area contributed by atoms with Crippen LogP contribution in [0.3, 0.4) is 0 Å². The fraction of sp³-hybridized carbons (Fsp3) is 0.706. The summed E-state index contributed by atoms with van der Waals surface area (Å²) in [4.78, 5) is 0. The molecule has 1 aromatic heterocycles. The van der Waals surface area contributed by atoms with E-state index >= 15 is 0 Å². The SMILES string of the molecule is Cc1ccc(C(C#N)C2C3CC4CC(C3)CC2C4)nn1. The van der Waals surface area contributed by atoms with Gasteiger partial charge in [0.15, 0.2) is 0 Å². The highest BCUT2D eigenvalue weighted by molar-refractivity contribution is 5.21. The van der Waals surface area contributed by atoms with Gasteiger partial charge >= 0.3 is 0 Å². The predicted octanol–water partition coefficient (Wildman–Crippen LogP) is 3.46. The fourth-order valence-corrected chi connectivity index (χ4v) is 5.44. The first-order valence-corrected chi connectivity index (χ1v) is 7.94. The summed E-state index contributed by atoms with van der Waals surface area (Å²) in [6.07, 6.45) is 6.88. The van der Waals surface area contributed by atoms with Crippen molar-refractivity contribution >= 4 is 0 Å². The number of hydrogen-bond acceptors (Lipinski definition) is 3. The van der Waals surface area contributed by atoms with Gasteiger partial charge in [-0.15, -0.1) is 0 Å². The lowest BCUT2D eigenvalue weighted by Gasteiger charge is -2.55. The summed E-state index contributed by atoms with van der Waals surface area (Å²) >= 11 is 0. The minimum Gasteiger partial charge on any atom is -0.198 e. The third-order valence-corrected chi connectivity index (χ3v) is 5.96. The molecule has 4 fully saturated rings. The standard InChI is InChI=1S/C17H21N3/c1-10-2-3-16(20-19-10)15(9-18)17-13-5-11-4-12(7-13)8-14(17)6-11/h2-3,11-15,17H,4-8H2,1H3. The molecule has 4 aliphatic rings. The van der Waals surface area contributed by atoms with Crippen LogP contribution in [0.25, 0.3) is 0 Å². The van der Waals surface area contributed by atoms with Crippen molar-refractivity contribution in [3.63, 3.8) is 0 Å². The molecule has 4 aliphatic carbocycles. The molecule has 5 rings (SSSR count). The van der Waals surface area contributed by atoms with Gasteiger partial charge in [-0.2, -0.15) is 15.5 Å². The van der Waals surface area contributed by atoms with E-state index in [0.717, 1.165) is 35.1 Å². The molecule has 0 spiro atoms. The van der Waals surface area contributed by atoms with E-state index in [4.69, 9.17) is 0 Å². The number of aromatic nitrogens is 2. The van der Waals surface area contributed by atoms with E-state index < -0.39 is 0 Å². The smallest absolute Gasteiger partial charge is 0.0936 e. The van der Waals surface area contributed by atoms with Crippen LogP contribution in [0.2, 0.25) is 0 Å². The van der Waals surface area contributed by atoms with Gasteiger partial charge in [0.2, 0.25) is 0 Å². The Morgan fingerprint density at radius 2 is 1.70 bits per heavy atom. The number of aryl methyl sites for hydroxylation is 1. The molecule has 0 aromatic carbocycles. The highest BCUT2D eigenvalue weighted by Crippen LogP contribution is 2.59. The Morgan fingerprint density at radius 3 is 2.20 bits per heavy atom. The van der Waals surface area contributed by atoms with Gasteiger partial charge < -0.3 is 0 Å². The molecule has 3 nitrogen and oxygen atoms in total. The van der Waals surface area contributed by atoms with E-state index in [1.54, 1.807) is 0 Å². The van der Waals surface area contributed by atoms with Crippen LogP contribution < -0.4 is 0 Å². The van der Waals surface area contributed by atoms with Crippen LogP contribution in [0.1, 0.15) is 49.4 Å². The summed E-state index contributed by atoms with van der Waals surface area (Å²) in [6.45, 7) is 1.95. The van der Waals surface area contributed by atoms with Crippen molar-refractivity contribution in [1.29, 1.82) is 5.26 Å². The van der Waals surface area contributed by atoms with Gasteiger partial charge in [-0.3, -0.25) is 0 Å². The molecule has 0 amide bonds. The molecule has 4 bridgehead atoms. The highest BCUT2D eigenvalue weighted by Gasteiger charge is 2.51. The van der Waals surface area contributed by atoms with Crippen molar-refractivity contribution in [2.75, 3.05) is 0 Å². The van der Waals surface area contributed by atoms with Crippen LogP contribution in [0.4, 0.5) is 0 Å². The van der Waals surface area contributed by atoms with E-state index in [0.29, 0.717) is 5.92 Å². The van der Waals surface area contributed by atoms with Crippen molar-refractivity contribution in [3.05, 3.63) is 23.5 Å². The zero-order valence-corrected chi connectivity index (χ0v) is 12.0. The summed E-state index contributed by atoms with van der Waals surface area (Å²) < 4.78 is 0. The van der Waals surface area contributed by atoms with Gasteiger partial charge in [-0.25, -0.2) is 0 Å².